The molecule has 1 amide bonds. The van der Waals surface area contributed by atoms with Crippen LogP contribution in [-0.4, -0.2) is 42.1 Å². The third-order valence-corrected chi connectivity index (χ3v) is 3.88. The van der Waals surface area contributed by atoms with Gasteiger partial charge in [-0.3, -0.25) is 14.7 Å². The normalized spacial score (nSPS) is 12.7. The van der Waals surface area contributed by atoms with Gasteiger partial charge in [0.1, 0.15) is 0 Å². The van der Waals surface area contributed by atoms with Gasteiger partial charge in [-0.2, -0.15) is 0 Å². The van der Waals surface area contributed by atoms with Crippen LogP contribution in [0.25, 0.3) is 10.9 Å². The molecule has 0 fully saturated rings. The number of halogens is 1. The second-order valence-corrected chi connectivity index (χ2v) is 5.62. The number of benzene rings is 1. The summed E-state index contributed by atoms with van der Waals surface area (Å²) in [5, 5.41) is 1.62. The molecule has 0 aliphatic rings. The largest absolute Gasteiger partial charge is 0.383 e. The maximum atomic E-state index is 11.5. The van der Waals surface area contributed by atoms with E-state index in [1.54, 1.807) is 20.2 Å². The summed E-state index contributed by atoms with van der Waals surface area (Å²) in [5.41, 5.74) is 7.29. The Bertz CT molecular complexity index is 663. The Labute approximate surface area is 135 Å². The highest BCUT2D eigenvalue weighted by atomic mass is 35.5. The molecule has 1 aromatic carbocycles. The second kappa shape index (κ2) is 7.54. The van der Waals surface area contributed by atoms with Crippen LogP contribution in [0.2, 0.25) is 5.02 Å². The SMILES string of the molecule is COCCN(Cc1cc(Cl)cc2cccnc12)C(C)C(N)=O. The van der Waals surface area contributed by atoms with Crippen LogP contribution in [0.3, 0.4) is 0 Å². The summed E-state index contributed by atoms with van der Waals surface area (Å²) in [6, 6.07) is 7.20. The Kier molecular flexibility index (Phi) is 5.71. The first-order valence-corrected chi connectivity index (χ1v) is 7.46. The average molecular weight is 322 g/mol. The van der Waals surface area contributed by atoms with Gasteiger partial charge < -0.3 is 10.5 Å². The van der Waals surface area contributed by atoms with Crippen LogP contribution in [0.15, 0.2) is 30.5 Å². The predicted molar refractivity (Wildman–Crippen MR) is 87.7 cm³/mol. The topological polar surface area (TPSA) is 68.4 Å². The first-order chi connectivity index (χ1) is 10.5. The molecule has 118 valence electrons. The van der Waals surface area contributed by atoms with E-state index in [1.807, 2.05) is 29.2 Å². The highest BCUT2D eigenvalue weighted by Gasteiger charge is 2.20. The van der Waals surface area contributed by atoms with Gasteiger partial charge in [0.25, 0.3) is 0 Å². The lowest BCUT2D eigenvalue weighted by atomic mass is 10.1. The summed E-state index contributed by atoms with van der Waals surface area (Å²) in [4.78, 5) is 17.9. The van der Waals surface area contributed by atoms with Gasteiger partial charge in [0.15, 0.2) is 0 Å². The Balaban J connectivity index is 2.34. The molecule has 0 bridgehead atoms. The molecular weight excluding hydrogens is 302 g/mol. The van der Waals surface area contributed by atoms with Crippen LogP contribution >= 0.6 is 11.6 Å². The lowest BCUT2D eigenvalue weighted by Crippen LogP contribution is -2.43. The fourth-order valence-corrected chi connectivity index (χ4v) is 2.61. The van der Waals surface area contributed by atoms with E-state index in [2.05, 4.69) is 4.98 Å². The number of amides is 1. The van der Waals surface area contributed by atoms with Gasteiger partial charge in [-0.15, -0.1) is 0 Å². The van der Waals surface area contributed by atoms with E-state index in [-0.39, 0.29) is 5.91 Å². The summed E-state index contributed by atoms with van der Waals surface area (Å²) in [7, 11) is 1.63. The predicted octanol–water partition coefficient (Wildman–Crippen LogP) is 2.21. The maximum absolute atomic E-state index is 11.5. The number of fused-ring (bicyclic) bond motifs is 1. The van der Waals surface area contributed by atoms with Gasteiger partial charge in [0.2, 0.25) is 5.91 Å². The van der Waals surface area contributed by atoms with Crippen molar-refractivity contribution < 1.29 is 9.53 Å². The number of methoxy groups -OCH3 is 1. The van der Waals surface area contributed by atoms with Crippen molar-refractivity contribution in [1.29, 1.82) is 0 Å². The molecule has 0 saturated heterocycles. The number of primary amides is 1. The zero-order valence-corrected chi connectivity index (χ0v) is 13.5. The van der Waals surface area contributed by atoms with Gasteiger partial charge in [-0.05, 0) is 30.7 Å². The molecule has 0 radical (unpaired) electrons. The molecule has 1 heterocycles. The number of aromatic nitrogens is 1. The Hall–Kier alpha value is -1.69. The van der Waals surface area contributed by atoms with Crippen LogP contribution in [-0.2, 0) is 16.1 Å². The van der Waals surface area contributed by atoms with Crippen molar-refractivity contribution >= 4 is 28.4 Å². The van der Waals surface area contributed by atoms with Crippen LogP contribution in [0.5, 0.6) is 0 Å². The number of carbonyl (C=O) groups is 1. The summed E-state index contributed by atoms with van der Waals surface area (Å²) >= 11 is 6.19. The Morgan fingerprint density at radius 1 is 1.50 bits per heavy atom. The highest BCUT2D eigenvalue weighted by molar-refractivity contribution is 6.31. The van der Waals surface area contributed by atoms with Crippen molar-refractivity contribution in [2.24, 2.45) is 5.73 Å². The van der Waals surface area contributed by atoms with Crippen molar-refractivity contribution in [3.63, 3.8) is 0 Å². The van der Waals surface area contributed by atoms with Gasteiger partial charge in [0, 0.05) is 36.8 Å². The number of hydrogen-bond acceptors (Lipinski definition) is 4. The number of hydrogen-bond donors (Lipinski definition) is 1. The Morgan fingerprint density at radius 2 is 2.27 bits per heavy atom. The summed E-state index contributed by atoms with van der Waals surface area (Å²) in [5.74, 6) is -0.365. The quantitative estimate of drug-likeness (QED) is 0.849. The zero-order valence-electron chi connectivity index (χ0n) is 12.8. The lowest BCUT2D eigenvalue weighted by Gasteiger charge is -2.27. The number of pyridine rings is 1. The van der Waals surface area contributed by atoms with Gasteiger partial charge >= 0.3 is 0 Å². The number of nitrogens with two attached hydrogens (primary N) is 1. The van der Waals surface area contributed by atoms with E-state index in [4.69, 9.17) is 22.1 Å². The molecule has 5 nitrogen and oxygen atoms in total. The van der Waals surface area contributed by atoms with E-state index in [0.717, 1.165) is 16.5 Å². The maximum Gasteiger partial charge on any atom is 0.234 e. The summed E-state index contributed by atoms with van der Waals surface area (Å²) in [6.45, 7) is 3.44. The molecule has 1 aromatic heterocycles. The van der Waals surface area contributed by atoms with Gasteiger partial charge in [-0.25, -0.2) is 0 Å². The number of rotatable bonds is 7. The average Bonchev–Trinajstić information content (AvgIpc) is 2.50. The molecule has 1 atom stereocenters. The fourth-order valence-electron chi connectivity index (χ4n) is 2.36. The van der Waals surface area contributed by atoms with E-state index in [0.29, 0.717) is 24.7 Å². The minimum Gasteiger partial charge on any atom is -0.383 e. The third-order valence-electron chi connectivity index (χ3n) is 3.66. The van der Waals surface area contributed by atoms with Crippen molar-refractivity contribution in [2.75, 3.05) is 20.3 Å². The van der Waals surface area contributed by atoms with Crippen LogP contribution in [0.4, 0.5) is 0 Å². The standard InChI is InChI=1S/C16H20ClN3O2/c1-11(16(18)21)20(6-7-22-2)10-13-9-14(17)8-12-4-3-5-19-15(12)13/h3-5,8-9,11H,6-7,10H2,1-2H3,(H2,18,21). The molecule has 2 aromatic rings. The summed E-state index contributed by atoms with van der Waals surface area (Å²) < 4.78 is 5.12. The van der Waals surface area contributed by atoms with Gasteiger partial charge in [0.05, 0.1) is 18.2 Å². The molecule has 2 rings (SSSR count). The zero-order chi connectivity index (χ0) is 16.1. The fraction of sp³-hybridized carbons (Fsp3) is 0.375. The van der Waals surface area contributed by atoms with Crippen LogP contribution in [0, 0.1) is 0 Å². The summed E-state index contributed by atoms with van der Waals surface area (Å²) in [6.07, 6.45) is 1.75. The van der Waals surface area contributed by atoms with Crippen LogP contribution in [0.1, 0.15) is 12.5 Å². The van der Waals surface area contributed by atoms with E-state index >= 15 is 0 Å². The monoisotopic (exact) mass is 321 g/mol. The first kappa shape index (κ1) is 16.7. The lowest BCUT2D eigenvalue weighted by molar-refractivity contribution is -0.123. The molecule has 0 aliphatic carbocycles. The van der Waals surface area contributed by atoms with Crippen LogP contribution < -0.4 is 5.73 Å². The molecule has 6 heteroatoms. The van der Waals surface area contributed by atoms with Crippen molar-refractivity contribution in [3.8, 4) is 0 Å². The smallest absolute Gasteiger partial charge is 0.234 e. The molecule has 0 aliphatic heterocycles. The highest BCUT2D eigenvalue weighted by Crippen LogP contribution is 2.24. The minimum atomic E-state index is -0.395. The number of carbonyl (C=O) groups excluding carboxylic acids is 1. The molecule has 0 saturated carbocycles. The molecular formula is C16H20ClN3O2. The minimum absolute atomic E-state index is 0.365. The van der Waals surface area contributed by atoms with Crippen molar-refractivity contribution in [2.45, 2.75) is 19.5 Å². The second-order valence-electron chi connectivity index (χ2n) is 5.18. The molecule has 1 unspecified atom stereocenters. The van der Waals surface area contributed by atoms with Crippen molar-refractivity contribution in [3.05, 3.63) is 41.0 Å². The number of nitrogens with zero attached hydrogens (tertiary/aromatic N) is 2. The first-order valence-electron chi connectivity index (χ1n) is 7.08. The number of ether oxygens (including phenoxy) is 1. The third kappa shape index (κ3) is 3.94. The molecule has 22 heavy (non-hydrogen) atoms. The van der Waals surface area contributed by atoms with E-state index in [9.17, 15) is 4.79 Å². The van der Waals surface area contributed by atoms with Gasteiger partial charge in [-0.1, -0.05) is 17.7 Å². The molecule has 2 N–H and O–H groups in total. The molecule has 0 spiro atoms. The van der Waals surface area contributed by atoms with Crippen molar-refractivity contribution in [1.82, 2.24) is 9.88 Å². The van der Waals surface area contributed by atoms with E-state index in [1.165, 1.54) is 0 Å². The van der Waals surface area contributed by atoms with E-state index < -0.39 is 6.04 Å². The Morgan fingerprint density at radius 3 is 2.95 bits per heavy atom.